The van der Waals surface area contributed by atoms with Gasteiger partial charge in [0, 0.05) is 9.35 Å². The molecule has 0 saturated carbocycles. The molecule has 8 heteroatoms. The molecule has 18 heavy (non-hydrogen) atoms. The monoisotopic (exact) mass is 336 g/mol. The van der Waals surface area contributed by atoms with Crippen LogP contribution in [-0.2, 0) is 11.3 Å². The van der Waals surface area contributed by atoms with E-state index in [1.165, 1.54) is 18.3 Å². The Morgan fingerprint density at radius 2 is 2.22 bits per heavy atom. The smallest absolute Gasteiger partial charge is 0.328 e. The van der Waals surface area contributed by atoms with Crippen molar-refractivity contribution in [1.82, 2.24) is 10.6 Å². The number of rotatable bonds is 5. The van der Waals surface area contributed by atoms with Gasteiger partial charge in [0.05, 0.1) is 12.6 Å². The van der Waals surface area contributed by atoms with Crippen LogP contribution in [0.25, 0.3) is 0 Å². The molecule has 0 bridgehead atoms. The van der Waals surface area contributed by atoms with Crippen LogP contribution < -0.4 is 10.6 Å². The third-order valence-electron chi connectivity index (χ3n) is 2.14. The Bertz CT molecular complexity index is 435. The molecule has 2 atom stereocenters. The predicted molar refractivity (Wildman–Crippen MR) is 70.5 cm³/mol. The van der Waals surface area contributed by atoms with Gasteiger partial charge in [0.2, 0.25) is 0 Å². The molecule has 0 spiro atoms. The summed E-state index contributed by atoms with van der Waals surface area (Å²) in [7, 11) is 0. The van der Waals surface area contributed by atoms with E-state index in [-0.39, 0.29) is 6.54 Å². The first-order valence-electron chi connectivity index (χ1n) is 5.09. The van der Waals surface area contributed by atoms with Crippen molar-refractivity contribution in [2.75, 3.05) is 0 Å². The van der Waals surface area contributed by atoms with Gasteiger partial charge in [-0.3, -0.25) is 0 Å². The van der Waals surface area contributed by atoms with Gasteiger partial charge in [0.15, 0.2) is 6.04 Å². The summed E-state index contributed by atoms with van der Waals surface area (Å²) in [6, 6.07) is -0.101. The van der Waals surface area contributed by atoms with Crippen molar-refractivity contribution in [2.24, 2.45) is 0 Å². The molecule has 0 radical (unpaired) electrons. The number of carbonyl (C=O) groups is 2. The molecule has 1 aromatic rings. The number of amides is 2. The number of hydrogen-bond acceptors (Lipinski definition) is 4. The number of hydrogen-bond donors (Lipinski definition) is 4. The lowest BCUT2D eigenvalue weighted by Gasteiger charge is -2.17. The van der Waals surface area contributed by atoms with Crippen LogP contribution in [0.3, 0.4) is 0 Å². The molecule has 0 aliphatic heterocycles. The zero-order valence-electron chi connectivity index (χ0n) is 9.51. The Balaban J connectivity index is 2.46. The van der Waals surface area contributed by atoms with Gasteiger partial charge in [-0.1, -0.05) is 0 Å². The quantitative estimate of drug-likeness (QED) is 0.648. The second-order valence-corrected chi connectivity index (χ2v) is 5.43. The number of aliphatic hydroxyl groups is 1. The summed E-state index contributed by atoms with van der Waals surface area (Å²) >= 11 is 4.79. The summed E-state index contributed by atoms with van der Waals surface area (Å²) in [6.07, 6.45) is -1.17. The maximum atomic E-state index is 11.5. The Labute approximate surface area is 116 Å². The van der Waals surface area contributed by atoms with Gasteiger partial charge in [-0.15, -0.1) is 11.3 Å². The highest BCUT2D eigenvalue weighted by molar-refractivity contribution is 9.10. The van der Waals surface area contributed by atoms with E-state index in [4.69, 9.17) is 5.11 Å². The SMILES string of the molecule is CC(O)C(NC(=O)NCc1sccc1Br)C(=O)O. The normalized spacial score (nSPS) is 13.7. The van der Waals surface area contributed by atoms with Gasteiger partial charge in [0.25, 0.3) is 0 Å². The van der Waals surface area contributed by atoms with E-state index in [9.17, 15) is 14.7 Å². The number of aliphatic hydroxyl groups excluding tert-OH is 1. The zero-order valence-corrected chi connectivity index (χ0v) is 11.9. The highest BCUT2D eigenvalue weighted by atomic mass is 79.9. The molecular formula is C10H13BrN2O4S. The third kappa shape index (κ3) is 4.28. The van der Waals surface area contributed by atoms with E-state index in [0.29, 0.717) is 0 Å². The largest absolute Gasteiger partial charge is 0.480 e. The molecule has 6 nitrogen and oxygen atoms in total. The first kappa shape index (κ1) is 14.9. The number of carbonyl (C=O) groups excluding carboxylic acids is 1. The number of carboxylic acids is 1. The van der Waals surface area contributed by atoms with E-state index in [1.54, 1.807) is 0 Å². The fourth-order valence-corrected chi connectivity index (χ4v) is 2.62. The Hall–Kier alpha value is -1.12. The fraction of sp³-hybridized carbons (Fsp3) is 0.400. The van der Waals surface area contributed by atoms with Crippen LogP contribution in [0.2, 0.25) is 0 Å². The van der Waals surface area contributed by atoms with E-state index >= 15 is 0 Å². The molecule has 1 rings (SSSR count). The summed E-state index contributed by atoms with van der Waals surface area (Å²) in [4.78, 5) is 23.1. The van der Waals surface area contributed by atoms with Crippen molar-refractivity contribution in [1.29, 1.82) is 0 Å². The molecule has 2 amide bonds. The highest BCUT2D eigenvalue weighted by Crippen LogP contribution is 2.21. The van der Waals surface area contributed by atoms with Crippen LogP contribution >= 0.6 is 27.3 Å². The molecule has 0 aromatic carbocycles. The summed E-state index contributed by atoms with van der Waals surface area (Å²) in [5.41, 5.74) is 0. The Kier molecular flexibility index (Phi) is 5.57. The second-order valence-electron chi connectivity index (χ2n) is 3.58. The van der Waals surface area contributed by atoms with Gasteiger partial charge >= 0.3 is 12.0 Å². The standard InChI is InChI=1S/C10H13BrN2O4S/c1-5(14)8(9(15)16)13-10(17)12-4-7-6(11)2-3-18-7/h2-3,5,8,14H,4H2,1H3,(H,15,16)(H2,12,13,17). The van der Waals surface area contributed by atoms with Crippen LogP contribution in [0.4, 0.5) is 4.79 Å². The van der Waals surface area contributed by atoms with Gasteiger partial charge in [0.1, 0.15) is 0 Å². The fourth-order valence-electron chi connectivity index (χ4n) is 1.19. The van der Waals surface area contributed by atoms with Crippen LogP contribution in [-0.4, -0.2) is 34.4 Å². The molecule has 4 N–H and O–H groups in total. The summed E-state index contributed by atoms with van der Waals surface area (Å²) in [5, 5.41) is 24.6. The van der Waals surface area contributed by atoms with Crippen LogP contribution in [0.1, 0.15) is 11.8 Å². The van der Waals surface area contributed by atoms with Crippen molar-refractivity contribution in [3.05, 3.63) is 20.8 Å². The van der Waals surface area contributed by atoms with Crippen LogP contribution in [0.15, 0.2) is 15.9 Å². The summed E-state index contributed by atoms with van der Waals surface area (Å²) in [6.45, 7) is 1.59. The first-order valence-corrected chi connectivity index (χ1v) is 6.76. The number of urea groups is 1. The van der Waals surface area contributed by atoms with Crippen molar-refractivity contribution >= 4 is 39.3 Å². The van der Waals surface area contributed by atoms with Crippen LogP contribution in [0.5, 0.6) is 0 Å². The lowest BCUT2D eigenvalue weighted by Crippen LogP contribution is -2.50. The number of thiophene rings is 1. The maximum Gasteiger partial charge on any atom is 0.328 e. The van der Waals surface area contributed by atoms with Gasteiger partial charge in [-0.05, 0) is 34.3 Å². The molecule has 0 fully saturated rings. The van der Waals surface area contributed by atoms with Crippen molar-refractivity contribution in [2.45, 2.75) is 25.6 Å². The molecule has 2 unspecified atom stereocenters. The molecular weight excluding hydrogens is 324 g/mol. The lowest BCUT2D eigenvalue weighted by molar-refractivity contribution is -0.141. The van der Waals surface area contributed by atoms with Crippen molar-refractivity contribution in [3.63, 3.8) is 0 Å². The van der Waals surface area contributed by atoms with Crippen molar-refractivity contribution < 1.29 is 19.8 Å². The Morgan fingerprint density at radius 3 is 2.67 bits per heavy atom. The van der Waals surface area contributed by atoms with E-state index in [0.717, 1.165) is 9.35 Å². The van der Waals surface area contributed by atoms with Crippen LogP contribution in [0, 0.1) is 0 Å². The number of nitrogens with one attached hydrogen (secondary N) is 2. The van der Waals surface area contributed by atoms with Gasteiger partial charge < -0.3 is 20.8 Å². The summed E-state index contributed by atoms with van der Waals surface area (Å²) in [5.74, 6) is -1.28. The summed E-state index contributed by atoms with van der Waals surface area (Å²) < 4.78 is 0.887. The minimum Gasteiger partial charge on any atom is -0.480 e. The van der Waals surface area contributed by atoms with E-state index in [2.05, 4.69) is 26.6 Å². The molecule has 0 aliphatic carbocycles. The third-order valence-corrected chi connectivity index (χ3v) is 4.06. The minimum atomic E-state index is -1.32. The molecule has 0 saturated heterocycles. The molecule has 0 aliphatic rings. The van der Waals surface area contributed by atoms with Gasteiger partial charge in [-0.25, -0.2) is 9.59 Å². The van der Waals surface area contributed by atoms with Gasteiger partial charge in [-0.2, -0.15) is 0 Å². The average molecular weight is 337 g/mol. The molecule has 1 heterocycles. The number of carboxylic acid groups (broad SMARTS) is 1. The topological polar surface area (TPSA) is 98.7 Å². The number of aliphatic carboxylic acids is 1. The average Bonchev–Trinajstić information content (AvgIpc) is 2.68. The van der Waals surface area contributed by atoms with E-state index < -0.39 is 24.1 Å². The predicted octanol–water partition coefficient (Wildman–Crippen LogP) is 1.14. The minimum absolute atomic E-state index is 0.288. The highest BCUT2D eigenvalue weighted by Gasteiger charge is 2.24. The first-order chi connectivity index (χ1) is 8.41. The number of halogens is 1. The van der Waals surface area contributed by atoms with E-state index in [1.807, 2.05) is 11.4 Å². The second kappa shape index (κ2) is 6.72. The molecule has 100 valence electrons. The molecule has 1 aromatic heterocycles. The maximum absolute atomic E-state index is 11.5. The lowest BCUT2D eigenvalue weighted by atomic mass is 10.2. The zero-order chi connectivity index (χ0) is 13.7. The Morgan fingerprint density at radius 1 is 1.56 bits per heavy atom. The van der Waals surface area contributed by atoms with Crippen molar-refractivity contribution in [3.8, 4) is 0 Å².